The number of hydrogen-bond acceptors (Lipinski definition) is 12. The van der Waals surface area contributed by atoms with Gasteiger partial charge >= 0.3 is 5.97 Å². The Morgan fingerprint density at radius 3 is 2.84 bits per heavy atom. The highest BCUT2D eigenvalue weighted by Gasteiger charge is 2.54. The van der Waals surface area contributed by atoms with Crippen LogP contribution in [0.1, 0.15) is 11.3 Å². The number of thioether (sulfide) groups is 3. The number of hydrogen-bond donors (Lipinski definition) is 5. The third-order valence-corrected chi connectivity index (χ3v) is 9.07. The van der Waals surface area contributed by atoms with Gasteiger partial charge in [-0.15, -0.1) is 11.8 Å². The van der Waals surface area contributed by atoms with Gasteiger partial charge in [-0.2, -0.15) is 11.8 Å². The van der Waals surface area contributed by atoms with Crippen molar-refractivity contribution in [2.45, 2.75) is 22.1 Å². The van der Waals surface area contributed by atoms with Crippen LogP contribution in [0.4, 0.5) is 5.82 Å². The van der Waals surface area contributed by atoms with Crippen molar-refractivity contribution in [3.8, 4) is 0 Å². The molecule has 37 heavy (non-hydrogen) atoms. The Morgan fingerprint density at radius 1 is 1.32 bits per heavy atom. The Hall–Kier alpha value is -3.27. The Balaban J connectivity index is 1.52. The number of carboxylic acid groups (broad SMARTS) is 1. The molecule has 15 heteroatoms. The van der Waals surface area contributed by atoms with Crippen molar-refractivity contribution in [1.29, 1.82) is 0 Å². The molecule has 1 saturated heterocycles. The summed E-state index contributed by atoms with van der Waals surface area (Å²) in [4.78, 5) is 48.7. The number of carboxylic acids is 1. The predicted octanol–water partition coefficient (Wildman–Crippen LogP) is 0.917. The van der Waals surface area contributed by atoms with Crippen LogP contribution in [0, 0.1) is 0 Å². The number of aromatic nitrogens is 2. The maximum Gasteiger partial charge on any atom is 0.353 e. The minimum Gasteiger partial charge on any atom is -0.477 e. The maximum atomic E-state index is 13.0. The molecule has 2 aromatic rings. The normalized spacial score (nSPS) is 19.3. The van der Waals surface area contributed by atoms with Crippen molar-refractivity contribution in [2.75, 3.05) is 23.8 Å². The van der Waals surface area contributed by atoms with Crippen molar-refractivity contribution in [3.63, 3.8) is 0 Å². The van der Waals surface area contributed by atoms with Gasteiger partial charge in [0.15, 0.2) is 5.71 Å². The summed E-state index contributed by atoms with van der Waals surface area (Å²) in [6.07, 6.45) is 3.37. The number of rotatable bonds is 10. The van der Waals surface area contributed by atoms with Crippen molar-refractivity contribution >= 4 is 64.6 Å². The Kier molecular flexibility index (Phi) is 8.58. The second-order valence-corrected chi connectivity index (χ2v) is 11.1. The quantitative estimate of drug-likeness (QED) is 0.0905. The number of pyridine rings is 2. The molecule has 2 aliphatic heterocycles. The lowest BCUT2D eigenvalue weighted by Crippen LogP contribution is -2.71. The molecular formula is C22H23N7O5S3. The SMILES string of the molecule is NCCSCc1cnccc1SC1=C(C(=O)O)N2C(=O)[C@@H](NC(=O)/C(=N\O)c3cccc(N)n3)[C@H]2SC1. The van der Waals surface area contributed by atoms with Crippen LogP contribution in [-0.2, 0) is 20.1 Å². The van der Waals surface area contributed by atoms with Gasteiger partial charge in [0.1, 0.15) is 28.6 Å². The average Bonchev–Trinajstić information content (AvgIpc) is 2.88. The van der Waals surface area contributed by atoms with Gasteiger partial charge < -0.3 is 27.1 Å². The van der Waals surface area contributed by atoms with Gasteiger partial charge in [0, 0.05) is 46.0 Å². The minimum absolute atomic E-state index is 0.0301. The summed E-state index contributed by atoms with van der Waals surface area (Å²) < 4.78 is 0. The Morgan fingerprint density at radius 2 is 2.14 bits per heavy atom. The summed E-state index contributed by atoms with van der Waals surface area (Å²) in [6, 6.07) is 5.29. The summed E-state index contributed by atoms with van der Waals surface area (Å²) in [5.41, 5.74) is 11.7. The molecule has 4 heterocycles. The van der Waals surface area contributed by atoms with Crippen LogP contribution in [0.25, 0.3) is 0 Å². The first-order valence-corrected chi connectivity index (χ1v) is 13.9. The number of nitrogens with one attached hydrogen (secondary N) is 1. The molecule has 7 N–H and O–H groups in total. The van der Waals surface area contributed by atoms with Gasteiger partial charge in [-0.25, -0.2) is 9.78 Å². The highest BCUT2D eigenvalue weighted by atomic mass is 32.2. The topological polar surface area (TPSA) is 197 Å². The van der Waals surface area contributed by atoms with E-state index in [-0.39, 0.29) is 17.2 Å². The molecule has 2 aliphatic rings. The number of nitrogen functional groups attached to an aromatic ring is 1. The molecule has 0 radical (unpaired) electrons. The van der Waals surface area contributed by atoms with E-state index in [9.17, 15) is 24.7 Å². The fourth-order valence-corrected chi connectivity index (χ4v) is 7.11. The van der Waals surface area contributed by atoms with Gasteiger partial charge in [-0.05, 0) is 23.8 Å². The number of carbonyl (C=O) groups is 3. The Bertz CT molecular complexity index is 1290. The number of oxime groups is 1. The van der Waals surface area contributed by atoms with Gasteiger partial charge in [0.25, 0.3) is 11.8 Å². The van der Waals surface area contributed by atoms with Gasteiger partial charge in [-0.3, -0.25) is 19.5 Å². The number of aliphatic carboxylic acids is 1. The Labute approximate surface area is 224 Å². The molecule has 0 saturated carbocycles. The molecule has 1 fully saturated rings. The van der Waals surface area contributed by atoms with E-state index in [0.717, 1.165) is 16.2 Å². The lowest BCUT2D eigenvalue weighted by Gasteiger charge is -2.49. The van der Waals surface area contributed by atoms with Crippen LogP contribution in [0.2, 0.25) is 0 Å². The third kappa shape index (κ3) is 5.69. The zero-order valence-electron chi connectivity index (χ0n) is 19.2. The maximum absolute atomic E-state index is 13.0. The van der Waals surface area contributed by atoms with Crippen LogP contribution < -0.4 is 16.8 Å². The number of β-lactam (4-membered cyclic amide) rings is 1. The van der Waals surface area contributed by atoms with Crippen molar-refractivity contribution in [3.05, 3.63) is 58.5 Å². The second-order valence-electron chi connectivity index (χ2n) is 7.76. The molecule has 12 nitrogen and oxygen atoms in total. The first-order chi connectivity index (χ1) is 17.8. The monoisotopic (exact) mass is 561 g/mol. The molecule has 0 aliphatic carbocycles. The predicted molar refractivity (Wildman–Crippen MR) is 142 cm³/mol. The van der Waals surface area contributed by atoms with Gasteiger partial charge in [-0.1, -0.05) is 23.0 Å². The summed E-state index contributed by atoms with van der Waals surface area (Å²) in [5, 5.41) is 24.3. The smallest absolute Gasteiger partial charge is 0.353 e. The van der Waals surface area contributed by atoms with E-state index in [2.05, 4.69) is 20.4 Å². The number of carbonyl (C=O) groups excluding carboxylic acids is 2. The van der Waals surface area contributed by atoms with E-state index in [1.54, 1.807) is 24.2 Å². The first-order valence-electron chi connectivity index (χ1n) is 10.9. The summed E-state index contributed by atoms with van der Waals surface area (Å²) in [5.74, 6) is -0.749. The molecule has 0 aromatic carbocycles. The number of nitrogens with zero attached hydrogens (tertiary/aromatic N) is 4. The number of nitrogens with two attached hydrogens (primary N) is 2. The number of amides is 2. The summed E-state index contributed by atoms with van der Waals surface area (Å²) in [7, 11) is 0. The highest BCUT2D eigenvalue weighted by Crippen LogP contribution is 2.45. The molecule has 4 rings (SSSR count). The van der Waals surface area contributed by atoms with Crippen molar-refractivity contribution in [1.82, 2.24) is 20.2 Å². The molecule has 0 unspecified atom stereocenters. The lowest BCUT2D eigenvalue weighted by atomic mass is 10.0. The lowest BCUT2D eigenvalue weighted by molar-refractivity contribution is -0.150. The van der Waals surface area contributed by atoms with Crippen LogP contribution >= 0.6 is 35.3 Å². The van der Waals surface area contributed by atoms with E-state index in [1.165, 1.54) is 46.6 Å². The summed E-state index contributed by atoms with van der Waals surface area (Å²) in [6.45, 7) is 0.552. The van der Waals surface area contributed by atoms with E-state index < -0.39 is 34.9 Å². The second kappa shape index (κ2) is 11.9. The molecule has 2 amide bonds. The molecular weight excluding hydrogens is 538 g/mol. The molecule has 0 spiro atoms. The minimum atomic E-state index is -1.24. The zero-order chi connectivity index (χ0) is 26.5. The van der Waals surface area contributed by atoms with Crippen LogP contribution in [-0.4, -0.2) is 78.1 Å². The molecule has 194 valence electrons. The molecule has 2 atom stereocenters. The fourth-order valence-electron chi connectivity index (χ4n) is 3.70. The van der Waals surface area contributed by atoms with Crippen LogP contribution in [0.5, 0.6) is 0 Å². The highest BCUT2D eigenvalue weighted by molar-refractivity contribution is 8.06. The van der Waals surface area contributed by atoms with Crippen molar-refractivity contribution < 1.29 is 24.7 Å². The zero-order valence-corrected chi connectivity index (χ0v) is 21.7. The fraction of sp³-hybridized carbons (Fsp3) is 0.273. The molecule has 0 bridgehead atoms. The van der Waals surface area contributed by atoms with Crippen LogP contribution in [0.3, 0.4) is 0 Å². The first kappa shape index (κ1) is 26.8. The summed E-state index contributed by atoms with van der Waals surface area (Å²) >= 11 is 4.27. The van der Waals surface area contributed by atoms with E-state index in [1.807, 2.05) is 6.07 Å². The van der Waals surface area contributed by atoms with Gasteiger partial charge in [0.05, 0.1) is 0 Å². The molecule has 2 aromatic heterocycles. The number of anilines is 1. The van der Waals surface area contributed by atoms with Gasteiger partial charge in [0.2, 0.25) is 0 Å². The average molecular weight is 562 g/mol. The van der Waals surface area contributed by atoms with E-state index in [0.29, 0.717) is 23.0 Å². The van der Waals surface area contributed by atoms with E-state index >= 15 is 0 Å². The standard InChI is InChI=1S/C22H23N7O5S3/c23-5-7-35-9-11-8-25-6-4-13(11)37-14-10-36-21-17(20(31)29(21)18(14)22(32)33)27-19(30)16(28-34)12-2-1-3-15(24)26-12/h1-4,6,8,17,21,34H,5,7,9-10,23H2,(H2,24,26)(H,27,30)(H,32,33)/b28-16-/t17-,21-/m1/s1. The van der Waals surface area contributed by atoms with Crippen molar-refractivity contribution in [2.24, 2.45) is 10.9 Å². The third-order valence-electron chi connectivity index (χ3n) is 5.36. The van der Waals surface area contributed by atoms with E-state index in [4.69, 9.17) is 11.5 Å². The van der Waals surface area contributed by atoms with Crippen LogP contribution in [0.15, 0.2) is 57.3 Å². The number of fused-ring (bicyclic) bond motifs is 1. The largest absolute Gasteiger partial charge is 0.477 e.